The molecule has 0 atom stereocenters. The Kier molecular flexibility index (Phi) is 5.46. The number of nitrogens with zero attached hydrogens (tertiary/aromatic N) is 1. The maximum absolute atomic E-state index is 12.3. The van der Waals surface area contributed by atoms with E-state index >= 15 is 0 Å². The minimum absolute atomic E-state index is 0.0116. The van der Waals surface area contributed by atoms with Gasteiger partial charge in [0.25, 0.3) is 6.47 Å². The number of carbonyl (C=O) groups excluding carboxylic acids is 1. The molecule has 0 aliphatic carbocycles. The van der Waals surface area contributed by atoms with E-state index in [0.29, 0.717) is 6.54 Å². The second-order valence-electron chi connectivity index (χ2n) is 5.73. The van der Waals surface area contributed by atoms with Gasteiger partial charge in [0.15, 0.2) is 5.43 Å². The van der Waals surface area contributed by atoms with Gasteiger partial charge in [-0.25, -0.2) is 0 Å². The lowest BCUT2D eigenvalue weighted by molar-refractivity contribution is -0.382. The molecule has 3 rings (SSSR count). The number of nitro benzene ring substituents is 1. The molecule has 0 saturated carbocycles. The van der Waals surface area contributed by atoms with Crippen LogP contribution in [0.1, 0.15) is 11.3 Å². The van der Waals surface area contributed by atoms with Gasteiger partial charge in [-0.3, -0.25) is 19.7 Å². The van der Waals surface area contributed by atoms with Gasteiger partial charge in [0.1, 0.15) is 11.4 Å². The Labute approximate surface area is 153 Å². The Morgan fingerprint density at radius 1 is 1.19 bits per heavy atom. The summed E-state index contributed by atoms with van der Waals surface area (Å²) in [6.07, 6.45) is 0.142. The highest BCUT2D eigenvalue weighted by atomic mass is 16.6. The molecule has 1 N–H and O–H groups in total. The molecule has 0 fully saturated rings. The topological polar surface area (TPSA) is 112 Å². The molecular formula is C19H16N2O6. The van der Waals surface area contributed by atoms with Crippen LogP contribution in [0.5, 0.6) is 0 Å². The van der Waals surface area contributed by atoms with Crippen LogP contribution in [-0.2, 0) is 22.5 Å². The highest BCUT2D eigenvalue weighted by Crippen LogP contribution is 2.33. The van der Waals surface area contributed by atoms with Gasteiger partial charge in [-0.15, -0.1) is 0 Å². The molecule has 1 aromatic heterocycles. The highest BCUT2D eigenvalue weighted by Gasteiger charge is 2.23. The van der Waals surface area contributed by atoms with Crippen molar-refractivity contribution in [2.24, 2.45) is 0 Å². The monoisotopic (exact) mass is 368 g/mol. The van der Waals surface area contributed by atoms with Crippen molar-refractivity contribution in [3.8, 4) is 0 Å². The number of hydrogen-bond donors (Lipinski definition) is 1. The van der Waals surface area contributed by atoms with E-state index in [0.717, 1.165) is 5.56 Å². The maximum atomic E-state index is 12.3. The second kappa shape index (κ2) is 8.13. The van der Waals surface area contributed by atoms with Crippen molar-refractivity contribution in [3.63, 3.8) is 0 Å². The zero-order valence-corrected chi connectivity index (χ0v) is 14.2. The molecule has 8 nitrogen and oxygen atoms in total. The van der Waals surface area contributed by atoms with Crippen LogP contribution >= 0.6 is 0 Å². The summed E-state index contributed by atoms with van der Waals surface area (Å²) in [4.78, 5) is 33.6. The van der Waals surface area contributed by atoms with E-state index in [9.17, 15) is 19.7 Å². The molecule has 2 aromatic carbocycles. The Hall–Kier alpha value is -3.68. The average Bonchev–Trinajstić information content (AvgIpc) is 2.66. The van der Waals surface area contributed by atoms with Crippen molar-refractivity contribution >= 4 is 28.8 Å². The van der Waals surface area contributed by atoms with Crippen LogP contribution in [0.4, 0.5) is 11.4 Å². The maximum Gasteiger partial charge on any atom is 0.335 e. The number of hydrogen-bond acceptors (Lipinski definition) is 7. The summed E-state index contributed by atoms with van der Waals surface area (Å²) in [6.45, 7) is 0.676. The Morgan fingerprint density at radius 2 is 1.96 bits per heavy atom. The van der Waals surface area contributed by atoms with Gasteiger partial charge in [-0.05, 0) is 17.7 Å². The number of benzene rings is 2. The van der Waals surface area contributed by atoms with Gasteiger partial charge < -0.3 is 14.5 Å². The zero-order chi connectivity index (χ0) is 19.2. The van der Waals surface area contributed by atoms with E-state index < -0.39 is 10.4 Å². The molecule has 0 aliphatic rings. The van der Waals surface area contributed by atoms with Crippen molar-refractivity contribution in [2.45, 2.75) is 13.0 Å². The van der Waals surface area contributed by atoms with E-state index in [4.69, 9.17) is 4.42 Å². The number of nitro groups is 1. The number of ether oxygens (including phenoxy) is 1. The molecule has 8 heteroatoms. The van der Waals surface area contributed by atoms with E-state index in [1.807, 2.05) is 30.3 Å². The number of rotatable bonds is 8. The summed E-state index contributed by atoms with van der Waals surface area (Å²) >= 11 is 0. The minimum atomic E-state index is -0.579. The molecule has 0 spiro atoms. The summed E-state index contributed by atoms with van der Waals surface area (Å²) in [6, 6.07) is 13.7. The highest BCUT2D eigenvalue weighted by molar-refractivity contribution is 5.91. The molecule has 0 unspecified atom stereocenters. The molecule has 0 amide bonds. The van der Waals surface area contributed by atoms with Crippen LogP contribution < -0.4 is 10.7 Å². The minimum Gasteiger partial charge on any atom is -0.467 e. The van der Waals surface area contributed by atoms with Crippen molar-refractivity contribution in [3.05, 3.63) is 80.2 Å². The van der Waals surface area contributed by atoms with E-state index in [-0.39, 0.29) is 47.6 Å². The lowest BCUT2D eigenvalue weighted by atomic mass is 10.1. The lowest BCUT2D eigenvalue weighted by Gasteiger charge is -2.09. The van der Waals surface area contributed by atoms with Crippen LogP contribution in [0, 0.1) is 10.1 Å². The predicted octanol–water partition coefficient (Wildman–Crippen LogP) is 3.03. The fourth-order valence-electron chi connectivity index (χ4n) is 2.70. The molecule has 0 saturated heterocycles. The van der Waals surface area contributed by atoms with Gasteiger partial charge in [0.2, 0.25) is 5.58 Å². The van der Waals surface area contributed by atoms with Gasteiger partial charge in [-0.2, -0.15) is 0 Å². The van der Waals surface area contributed by atoms with Gasteiger partial charge in [0.05, 0.1) is 16.9 Å². The molecule has 0 aliphatic heterocycles. The third-order valence-corrected chi connectivity index (χ3v) is 3.96. The summed E-state index contributed by atoms with van der Waals surface area (Å²) in [5.74, 6) is 0.206. The quantitative estimate of drug-likeness (QED) is 0.281. The van der Waals surface area contributed by atoms with Crippen LogP contribution in [0.3, 0.4) is 0 Å². The molecule has 1 heterocycles. The first-order chi connectivity index (χ1) is 13.1. The van der Waals surface area contributed by atoms with Crippen LogP contribution in [-0.4, -0.2) is 18.0 Å². The van der Waals surface area contributed by atoms with Crippen molar-refractivity contribution in [1.82, 2.24) is 0 Å². The van der Waals surface area contributed by atoms with Gasteiger partial charge in [-0.1, -0.05) is 30.3 Å². The fourth-order valence-corrected chi connectivity index (χ4v) is 2.70. The van der Waals surface area contributed by atoms with E-state index in [2.05, 4.69) is 10.1 Å². The Balaban J connectivity index is 2.01. The first-order valence-corrected chi connectivity index (χ1v) is 8.17. The van der Waals surface area contributed by atoms with E-state index in [1.165, 1.54) is 18.2 Å². The molecule has 3 aromatic rings. The van der Waals surface area contributed by atoms with Crippen LogP contribution in [0.25, 0.3) is 11.0 Å². The predicted molar refractivity (Wildman–Crippen MR) is 98.6 cm³/mol. The normalized spacial score (nSPS) is 10.5. The van der Waals surface area contributed by atoms with Crippen LogP contribution in [0.2, 0.25) is 0 Å². The third kappa shape index (κ3) is 4.12. The van der Waals surface area contributed by atoms with Crippen LogP contribution in [0.15, 0.2) is 57.7 Å². The van der Waals surface area contributed by atoms with Crippen molar-refractivity contribution in [2.75, 3.05) is 11.9 Å². The summed E-state index contributed by atoms with van der Waals surface area (Å²) in [7, 11) is 0. The third-order valence-electron chi connectivity index (χ3n) is 3.96. The number of anilines is 1. The number of nitrogens with one attached hydrogen (secondary N) is 1. The zero-order valence-electron chi connectivity index (χ0n) is 14.2. The molecule has 0 radical (unpaired) electrons. The molecule has 138 valence electrons. The SMILES string of the molecule is O=COCCc1cc(=O)c2ccc(NCc3ccccc3)c([N+](=O)[O-])c2o1. The Morgan fingerprint density at radius 3 is 2.67 bits per heavy atom. The standard InChI is InChI=1S/C19H16N2O6/c22-12-26-9-8-14-10-17(23)15-6-7-16(18(21(24)25)19(15)27-14)20-11-13-4-2-1-3-5-13/h1-7,10,12,20H,8-9,11H2. The molecule has 27 heavy (non-hydrogen) atoms. The first-order valence-electron chi connectivity index (χ1n) is 8.17. The average molecular weight is 368 g/mol. The molecule has 0 bridgehead atoms. The summed E-state index contributed by atoms with van der Waals surface area (Å²) in [5.41, 5.74) is 0.398. The first kappa shape index (κ1) is 18.1. The van der Waals surface area contributed by atoms with Crippen molar-refractivity contribution in [1.29, 1.82) is 0 Å². The summed E-state index contributed by atoms with van der Waals surface area (Å²) in [5, 5.41) is 14.8. The second-order valence-corrected chi connectivity index (χ2v) is 5.73. The smallest absolute Gasteiger partial charge is 0.335 e. The van der Waals surface area contributed by atoms with Gasteiger partial charge in [0, 0.05) is 19.0 Å². The van der Waals surface area contributed by atoms with Crippen molar-refractivity contribution < 1.29 is 18.9 Å². The molecular weight excluding hydrogens is 352 g/mol. The largest absolute Gasteiger partial charge is 0.467 e. The number of fused-ring (bicyclic) bond motifs is 1. The summed E-state index contributed by atoms with van der Waals surface area (Å²) < 4.78 is 10.2. The van der Waals surface area contributed by atoms with Gasteiger partial charge >= 0.3 is 5.69 Å². The fraction of sp³-hybridized carbons (Fsp3) is 0.158. The lowest BCUT2D eigenvalue weighted by Crippen LogP contribution is -2.08. The van der Waals surface area contributed by atoms with E-state index in [1.54, 1.807) is 0 Å². The number of carbonyl (C=O) groups is 1. The Bertz CT molecular complexity index is 1030.